The van der Waals surface area contributed by atoms with Crippen LogP contribution in [0.1, 0.15) is 29.7 Å². The van der Waals surface area contributed by atoms with Crippen LogP contribution in [0.25, 0.3) is 0 Å². The lowest BCUT2D eigenvalue weighted by Gasteiger charge is -2.23. The summed E-state index contributed by atoms with van der Waals surface area (Å²) >= 11 is 5.10. The lowest BCUT2D eigenvalue weighted by atomic mass is 10.0. The number of aliphatic hydroxyl groups is 1. The van der Waals surface area contributed by atoms with Crippen LogP contribution in [0.3, 0.4) is 0 Å². The fourth-order valence-corrected chi connectivity index (χ4v) is 3.29. The Morgan fingerprint density at radius 3 is 2.75 bits per heavy atom. The van der Waals surface area contributed by atoms with E-state index in [0.29, 0.717) is 5.56 Å². The van der Waals surface area contributed by atoms with Crippen molar-refractivity contribution in [3.63, 3.8) is 0 Å². The van der Waals surface area contributed by atoms with Crippen LogP contribution in [0.2, 0.25) is 0 Å². The zero-order chi connectivity index (χ0) is 14.7. The Kier molecular flexibility index (Phi) is 4.81. The van der Waals surface area contributed by atoms with Gasteiger partial charge in [0, 0.05) is 24.8 Å². The summed E-state index contributed by atoms with van der Waals surface area (Å²) in [6.45, 7) is 2.47. The van der Waals surface area contributed by atoms with E-state index in [9.17, 15) is 5.11 Å². The fourth-order valence-electron chi connectivity index (χ4n) is 2.08. The summed E-state index contributed by atoms with van der Waals surface area (Å²) < 4.78 is 1.10. The Morgan fingerprint density at radius 1 is 1.45 bits per heavy atom. The minimum atomic E-state index is -0.561. The predicted octanol–water partition coefficient (Wildman–Crippen LogP) is 4.07. The highest BCUT2D eigenvalue weighted by atomic mass is 79.9. The number of hydrogen-bond acceptors (Lipinski definition) is 4. The molecule has 20 heavy (non-hydrogen) atoms. The monoisotopic (exact) mass is 350 g/mol. The average molecular weight is 351 g/mol. The van der Waals surface area contributed by atoms with E-state index >= 15 is 0 Å². The maximum atomic E-state index is 9.87. The molecule has 0 aliphatic heterocycles. The largest absolute Gasteiger partial charge is 0.389 e. The van der Waals surface area contributed by atoms with Crippen molar-refractivity contribution in [3.8, 4) is 6.07 Å². The molecule has 0 aliphatic rings. The Labute approximate surface area is 131 Å². The first-order valence-electron chi connectivity index (χ1n) is 6.17. The van der Waals surface area contributed by atoms with Gasteiger partial charge >= 0.3 is 0 Å². The highest BCUT2D eigenvalue weighted by Gasteiger charge is 2.13. The number of nitriles is 1. The molecule has 0 radical (unpaired) electrons. The minimum Gasteiger partial charge on any atom is -0.389 e. The predicted molar refractivity (Wildman–Crippen MR) is 85.9 cm³/mol. The molecule has 2 rings (SSSR count). The topological polar surface area (TPSA) is 47.3 Å². The van der Waals surface area contributed by atoms with Crippen LogP contribution >= 0.6 is 27.3 Å². The van der Waals surface area contributed by atoms with Crippen molar-refractivity contribution in [2.24, 2.45) is 0 Å². The van der Waals surface area contributed by atoms with Crippen LogP contribution in [-0.2, 0) is 6.54 Å². The van der Waals surface area contributed by atoms with E-state index < -0.39 is 6.10 Å². The van der Waals surface area contributed by atoms with E-state index in [0.717, 1.165) is 21.6 Å². The number of hydrogen-bond donors (Lipinski definition) is 1. The SMILES string of the molecule is C[C@@H](O)c1ccc(C#N)cc1N(C)Cc1csc(Br)c1. The van der Waals surface area contributed by atoms with Gasteiger partial charge in [-0.1, -0.05) is 6.07 Å². The van der Waals surface area contributed by atoms with Gasteiger partial charge in [-0.2, -0.15) is 5.26 Å². The van der Waals surface area contributed by atoms with E-state index in [4.69, 9.17) is 5.26 Å². The number of thiophene rings is 1. The summed E-state index contributed by atoms with van der Waals surface area (Å²) in [5, 5.41) is 21.0. The molecule has 0 unspecified atom stereocenters. The van der Waals surface area contributed by atoms with Gasteiger partial charge in [0.15, 0.2) is 0 Å². The number of anilines is 1. The van der Waals surface area contributed by atoms with E-state index in [1.54, 1.807) is 24.3 Å². The highest BCUT2D eigenvalue weighted by molar-refractivity contribution is 9.11. The molecule has 5 heteroatoms. The van der Waals surface area contributed by atoms with Crippen molar-refractivity contribution in [1.82, 2.24) is 0 Å². The molecule has 0 spiro atoms. The number of nitrogens with zero attached hydrogens (tertiary/aromatic N) is 2. The molecule has 1 aromatic heterocycles. The molecule has 1 atom stereocenters. The molecule has 0 amide bonds. The van der Waals surface area contributed by atoms with Crippen LogP contribution in [-0.4, -0.2) is 12.2 Å². The van der Waals surface area contributed by atoms with Crippen LogP contribution in [0.15, 0.2) is 33.4 Å². The third-order valence-corrected chi connectivity index (χ3v) is 4.62. The standard InChI is InChI=1S/C15H15BrN2OS/c1-10(19)13-4-3-11(7-17)5-14(13)18(2)8-12-6-15(16)20-9-12/h3-6,9-10,19H,8H2,1-2H3/t10-/m1/s1. The van der Waals surface area contributed by atoms with E-state index in [-0.39, 0.29) is 0 Å². The van der Waals surface area contributed by atoms with Crippen molar-refractivity contribution in [2.45, 2.75) is 19.6 Å². The van der Waals surface area contributed by atoms with E-state index in [1.807, 2.05) is 19.2 Å². The van der Waals surface area contributed by atoms with Crippen LogP contribution in [0, 0.1) is 11.3 Å². The molecule has 0 fully saturated rings. The third kappa shape index (κ3) is 3.40. The molecular formula is C15H15BrN2OS. The van der Waals surface area contributed by atoms with Gasteiger partial charge in [0.25, 0.3) is 0 Å². The summed E-state index contributed by atoms with van der Waals surface area (Å²) in [5.74, 6) is 0. The van der Waals surface area contributed by atoms with Crippen molar-refractivity contribution < 1.29 is 5.11 Å². The summed E-state index contributed by atoms with van der Waals surface area (Å²) in [4.78, 5) is 2.05. The van der Waals surface area contributed by atoms with Gasteiger partial charge in [-0.25, -0.2) is 0 Å². The van der Waals surface area contributed by atoms with Gasteiger partial charge in [-0.15, -0.1) is 11.3 Å². The summed E-state index contributed by atoms with van der Waals surface area (Å²) in [7, 11) is 1.97. The molecule has 0 saturated carbocycles. The Morgan fingerprint density at radius 2 is 2.20 bits per heavy atom. The van der Waals surface area contributed by atoms with Gasteiger partial charge in [0.05, 0.1) is 21.5 Å². The second kappa shape index (κ2) is 6.40. The van der Waals surface area contributed by atoms with Gasteiger partial charge in [0.2, 0.25) is 0 Å². The molecular weight excluding hydrogens is 336 g/mol. The number of halogens is 1. The third-order valence-electron chi connectivity index (χ3n) is 3.06. The molecule has 0 saturated heterocycles. The Balaban J connectivity index is 2.32. The van der Waals surface area contributed by atoms with Crippen molar-refractivity contribution in [3.05, 3.63) is 50.1 Å². The molecule has 0 aliphatic carbocycles. The van der Waals surface area contributed by atoms with Gasteiger partial charge in [0.1, 0.15) is 0 Å². The van der Waals surface area contributed by atoms with Crippen LogP contribution in [0.4, 0.5) is 5.69 Å². The zero-order valence-corrected chi connectivity index (χ0v) is 13.7. The fraction of sp³-hybridized carbons (Fsp3) is 0.267. The first-order chi connectivity index (χ1) is 9.51. The van der Waals surface area contributed by atoms with Crippen LogP contribution in [0.5, 0.6) is 0 Å². The summed E-state index contributed by atoms with van der Waals surface area (Å²) in [5.41, 5.74) is 3.52. The lowest BCUT2D eigenvalue weighted by Crippen LogP contribution is -2.18. The van der Waals surface area contributed by atoms with Gasteiger partial charge < -0.3 is 10.0 Å². The normalized spacial score (nSPS) is 11.9. The summed E-state index contributed by atoms with van der Waals surface area (Å²) in [6.07, 6.45) is -0.561. The first-order valence-corrected chi connectivity index (χ1v) is 7.84. The maximum Gasteiger partial charge on any atom is 0.0992 e. The van der Waals surface area contributed by atoms with E-state index in [1.165, 1.54) is 5.56 Å². The van der Waals surface area contributed by atoms with Crippen molar-refractivity contribution in [2.75, 3.05) is 11.9 Å². The van der Waals surface area contributed by atoms with Crippen LogP contribution < -0.4 is 4.90 Å². The number of rotatable bonds is 4. The second-order valence-electron chi connectivity index (χ2n) is 4.68. The zero-order valence-electron chi connectivity index (χ0n) is 11.3. The Bertz CT molecular complexity index is 646. The molecule has 104 valence electrons. The highest BCUT2D eigenvalue weighted by Crippen LogP contribution is 2.29. The van der Waals surface area contributed by atoms with Crippen molar-refractivity contribution in [1.29, 1.82) is 5.26 Å². The summed E-state index contributed by atoms with van der Waals surface area (Å²) in [6, 6.07) is 9.60. The molecule has 1 aromatic carbocycles. The lowest BCUT2D eigenvalue weighted by molar-refractivity contribution is 0.199. The maximum absolute atomic E-state index is 9.87. The minimum absolute atomic E-state index is 0.561. The molecule has 2 aromatic rings. The second-order valence-corrected chi connectivity index (χ2v) is 6.97. The van der Waals surface area contributed by atoms with Gasteiger partial charge in [-0.05, 0) is 52.0 Å². The quantitative estimate of drug-likeness (QED) is 0.903. The van der Waals surface area contributed by atoms with E-state index in [2.05, 4.69) is 38.3 Å². The van der Waals surface area contributed by atoms with Crippen molar-refractivity contribution >= 4 is 33.0 Å². The average Bonchev–Trinajstić information content (AvgIpc) is 2.83. The molecule has 1 N–H and O–H groups in total. The smallest absolute Gasteiger partial charge is 0.0992 e. The number of aliphatic hydroxyl groups excluding tert-OH is 1. The molecule has 3 nitrogen and oxygen atoms in total. The number of benzene rings is 1. The first kappa shape index (κ1) is 15.0. The Hall–Kier alpha value is -1.35. The van der Waals surface area contributed by atoms with Gasteiger partial charge in [-0.3, -0.25) is 0 Å². The molecule has 0 bridgehead atoms. The molecule has 1 heterocycles.